The molecule has 0 radical (unpaired) electrons. The van der Waals surface area contributed by atoms with Crippen molar-refractivity contribution in [2.24, 2.45) is 34.0 Å². The summed E-state index contributed by atoms with van der Waals surface area (Å²) in [6.45, 7) is 26.6. The van der Waals surface area contributed by atoms with E-state index in [-0.39, 0.29) is 0 Å². The largest absolute Gasteiger partial charge is 0.0628 e. The van der Waals surface area contributed by atoms with Crippen LogP contribution in [0.4, 0.5) is 0 Å². The zero-order valence-electron chi connectivity index (χ0n) is 15.6. The monoisotopic (exact) mass is 268 g/mol. The molecule has 1 atom stereocenters. The molecule has 19 heavy (non-hydrogen) atoms. The molecule has 1 unspecified atom stereocenters. The quantitative estimate of drug-likeness (QED) is 0.497. The highest BCUT2D eigenvalue weighted by Crippen LogP contribution is 2.52. The highest BCUT2D eigenvalue weighted by Gasteiger charge is 2.43. The molecular formula is C19H40. The normalized spacial score (nSPS) is 16.3. The number of rotatable bonds is 6. The van der Waals surface area contributed by atoms with Gasteiger partial charge in [-0.25, -0.2) is 0 Å². The van der Waals surface area contributed by atoms with Crippen molar-refractivity contribution in [3.63, 3.8) is 0 Å². The SMILES string of the molecule is CC(C)CC(C(C)(C)CC(C)(C)C)C(C)(C)C(C)C. The Morgan fingerprint density at radius 1 is 0.737 bits per heavy atom. The number of hydrogen-bond donors (Lipinski definition) is 0. The van der Waals surface area contributed by atoms with Crippen LogP contribution in [0.5, 0.6) is 0 Å². The molecule has 116 valence electrons. The molecule has 0 heterocycles. The first-order chi connectivity index (χ1) is 8.20. The lowest BCUT2D eigenvalue weighted by atomic mass is 9.55. The van der Waals surface area contributed by atoms with Gasteiger partial charge in [-0.2, -0.15) is 0 Å². The molecule has 0 aliphatic heterocycles. The Morgan fingerprint density at radius 3 is 1.42 bits per heavy atom. The van der Waals surface area contributed by atoms with Crippen LogP contribution in [0.25, 0.3) is 0 Å². The van der Waals surface area contributed by atoms with E-state index in [2.05, 4.69) is 76.2 Å². The molecule has 0 aromatic rings. The molecule has 0 rings (SSSR count). The zero-order chi connectivity index (χ0) is 15.6. The van der Waals surface area contributed by atoms with Crippen molar-refractivity contribution in [1.29, 1.82) is 0 Å². The van der Waals surface area contributed by atoms with E-state index >= 15 is 0 Å². The Morgan fingerprint density at radius 2 is 1.16 bits per heavy atom. The smallest absolute Gasteiger partial charge is 0.0298 e. The first-order valence-electron chi connectivity index (χ1n) is 8.20. The molecule has 0 aliphatic rings. The van der Waals surface area contributed by atoms with Gasteiger partial charge in [-0.1, -0.05) is 76.2 Å². The third-order valence-corrected chi connectivity index (χ3v) is 5.02. The van der Waals surface area contributed by atoms with Crippen molar-refractivity contribution in [2.45, 2.75) is 89.0 Å². The van der Waals surface area contributed by atoms with Crippen LogP contribution in [0.2, 0.25) is 0 Å². The topological polar surface area (TPSA) is 0 Å². The fraction of sp³-hybridized carbons (Fsp3) is 1.00. The van der Waals surface area contributed by atoms with Gasteiger partial charge < -0.3 is 0 Å². The third kappa shape index (κ3) is 5.88. The average Bonchev–Trinajstić information content (AvgIpc) is 2.09. The van der Waals surface area contributed by atoms with E-state index in [1.165, 1.54) is 12.8 Å². The molecule has 0 saturated heterocycles. The molecule has 0 spiro atoms. The van der Waals surface area contributed by atoms with Crippen LogP contribution in [0.3, 0.4) is 0 Å². The minimum atomic E-state index is 0.399. The van der Waals surface area contributed by atoms with Gasteiger partial charge in [0.25, 0.3) is 0 Å². The second kappa shape index (κ2) is 6.19. The summed E-state index contributed by atoms with van der Waals surface area (Å²) in [5.41, 5.74) is 1.21. The van der Waals surface area contributed by atoms with E-state index in [1.54, 1.807) is 0 Å². The molecule has 0 amide bonds. The Hall–Kier alpha value is 0. The molecule has 0 saturated carbocycles. The van der Waals surface area contributed by atoms with Crippen LogP contribution in [-0.4, -0.2) is 0 Å². The van der Waals surface area contributed by atoms with Crippen LogP contribution < -0.4 is 0 Å². The highest BCUT2D eigenvalue weighted by atomic mass is 14.5. The van der Waals surface area contributed by atoms with Crippen LogP contribution in [0, 0.1) is 34.0 Å². The second-order valence-corrected chi connectivity index (χ2v) is 9.88. The molecule has 0 heteroatoms. The van der Waals surface area contributed by atoms with Crippen molar-refractivity contribution in [3.8, 4) is 0 Å². The lowest BCUT2D eigenvalue weighted by Gasteiger charge is -2.50. The summed E-state index contributed by atoms with van der Waals surface area (Å²) in [4.78, 5) is 0. The van der Waals surface area contributed by atoms with E-state index in [9.17, 15) is 0 Å². The molecule has 0 bridgehead atoms. The van der Waals surface area contributed by atoms with Crippen molar-refractivity contribution < 1.29 is 0 Å². The van der Waals surface area contributed by atoms with Crippen molar-refractivity contribution in [2.75, 3.05) is 0 Å². The molecule has 0 aliphatic carbocycles. The summed E-state index contributed by atoms with van der Waals surface area (Å²) >= 11 is 0. The van der Waals surface area contributed by atoms with E-state index in [1.807, 2.05) is 0 Å². The van der Waals surface area contributed by atoms with E-state index in [0.717, 1.165) is 17.8 Å². The van der Waals surface area contributed by atoms with Crippen LogP contribution in [-0.2, 0) is 0 Å². The highest BCUT2D eigenvalue weighted by molar-refractivity contribution is 4.92. The summed E-state index contributed by atoms with van der Waals surface area (Å²) in [6.07, 6.45) is 2.64. The zero-order valence-corrected chi connectivity index (χ0v) is 15.6. The summed E-state index contributed by atoms with van der Waals surface area (Å²) < 4.78 is 0. The van der Waals surface area contributed by atoms with Gasteiger partial charge in [0.1, 0.15) is 0 Å². The lowest BCUT2D eigenvalue weighted by molar-refractivity contribution is -0.00503. The maximum atomic E-state index is 2.50. The van der Waals surface area contributed by atoms with Crippen LogP contribution in [0.15, 0.2) is 0 Å². The summed E-state index contributed by atoms with van der Waals surface area (Å²) in [5.74, 6) is 2.29. The summed E-state index contributed by atoms with van der Waals surface area (Å²) in [6, 6.07) is 0. The molecule has 0 fully saturated rings. The van der Waals surface area contributed by atoms with Gasteiger partial charge in [-0.15, -0.1) is 0 Å². The Labute approximate surface area is 123 Å². The molecule has 0 aromatic heterocycles. The van der Waals surface area contributed by atoms with Gasteiger partial charge in [0.2, 0.25) is 0 Å². The van der Waals surface area contributed by atoms with Gasteiger partial charge in [-0.3, -0.25) is 0 Å². The summed E-state index contributed by atoms with van der Waals surface area (Å²) in [5, 5.41) is 0. The van der Waals surface area contributed by atoms with E-state index in [4.69, 9.17) is 0 Å². The van der Waals surface area contributed by atoms with Gasteiger partial charge in [0, 0.05) is 0 Å². The minimum absolute atomic E-state index is 0.399. The van der Waals surface area contributed by atoms with Gasteiger partial charge in [0.05, 0.1) is 0 Å². The molecule has 0 N–H and O–H groups in total. The molecular weight excluding hydrogens is 228 g/mol. The fourth-order valence-corrected chi connectivity index (χ4v) is 3.99. The molecule has 0 nitrogen and oxygen atoms in total. The summed E-state index contributed by atoms with van der Waals surface area (Å²) in [7, 11) is 0. The van der Waals surface area contributed by atoms with E-state index < -0.39 is 0 Å². The Bertz CT molecular complexity index is 260. The van der Waals surface area contributed by atoms with Crippen LogP contribution in [0.1, 0.15) is 89.0 Å². The third-order valence-electron chi connectivity index (χ3n) is 5.02. The van der Waals surface area contributed by atoms with E-state index in [0.29, 0.717) is 16.2 Å². The molecule has 0 aromatic carbocycles. The van der Waals surface area contributed by atoms with Crippen molar-refractivity contribution >= 4 is 0 Å². The van der Waals surface area contributed by atoms with Gasteiger partial charge in [-0.05, 0) is 46.8 Å². The average molecular weight is 269 g/mol. The first kappa shape index (κ1) is 19.0. The maximum absolute atomic E-state index is 2.50. The predicted molar refractivity (Wildman–Crippen MR) is 89.4 cm³/mol. The van der Waals surface area contributed by atoms with Crippen molar-refractivity contribution in [3.05, 3.63) is 0 Å². The number of hydrogen-bond acceptors (Lipinski definition) is 0. The predicted octanol–water partition coefficient (Wildman–Crippen LogP) is 6.79. The first-order valence-corrected chi connectivity index (χ1v) is 8.20. The Kier molecular flexibility index (Phi) is 6.19. The maximum Gasteiger partial charge on any atom is -0.0298 e. The second-order valence-electron chi connectivity index (χ2n) is 9.88. The fourth-order valence-electron chi connectivity index (χ4n) is 3.99. The van der Waals surface area contributed by atoms with Gasteiger partial charge >= 0.3 is 0 Å². The van der Waals surface area contributed by atoms with Crippen molar-refractivity contribution in [1.82, 2.24) is 0 Å². The van der Waals surface area contributed by atoms with Gasteiger partial charge in [0.15, 0.2) is 0 Å². The minimum Gasteiger partial charge on any atom is -0.0628 e. The lowest BCUT2D eigenvalue weighted by Crippen LogP contribution is -2.42. The van der Waals surface area contributed by atoms with Crippen LogP contribution >= 0.6 is 0 Å². The Balaban J connectivity index is 5.36. The standard InChI is InChI=1S/C19H40/c1-14(2)12-16(19(10,11)15(3)4)18(8,9)13-17(5,6)7/h14-16H,12-13H2,1-11H3.